The number of carbonyl (C=O) groups excluding carboxylic acids is 1. The molecule has 1 amide bonds. The van der Waals surface area contributed by atoms with Gasteiger partial charge >= 0.3 is 0 Å². The van der Waals surface area contributed by atoms with Crippen LogP contribution in [-0.4, -0.2) is 25.7 Å². The first kappa shape index (κ1) is 24.4. The summed E-state index contributed by atoms with van der Waals surface area (Å²) in [6, 6.07) is 27.7. The number of rotatable bonds is 9. The van der Waals surface area contributed by atoms with Gasteiger partial charge in [0, 0.05) is 35.8 Å². The predicted molar refractivity (Wildman–Crippen MR) is 142 cm³/mol. The standard InChI is InChI=1S/C29H24FN5OS/c30-26-12-8-21(9-13-26)18-32-28(36)25-10-6-23(7-11-25)20-37-29-34-33-27(24-14-16-31-17-15-24)35(29)19-22-4-2-1-3-5-22/h1-17H,18-20H2,(H,32,36). The van der Waals surface area contributed by atoms with Crippen LogP contribution in [0.1, 0.15) is 27.0 Å². The molecule has 0 saturated heterocycles. The SMILES string of the molecule is O=C(NCc1ccc(F)cc1)c1ccc(CSc2nnc(-c3ccncc3)n2Cc2ccccc2)cc1. The Bertz CT molecular complexity index is 1460. The number of benzene rings is 3. The van der Waals surface area contributed by atoms with Crippen molar-refractivity contribution in [2.75, 3.05) is 0 Å². The zero-order valence-electron chi connectivity index (χ0n) is 19.9. The second kappa shape index (κ2) is 11.6. The number of hydrogen-bond donors (Lipinski definition) is 1. The van der Waals surface area contributed by atoms with Crippen molar-refractivity contribution in [3.63, 3.8) is 0 Å². The second-order valence-electron chi connectivity index (χ2n) is 8.41. The molecule has 0 fully saturated rings. The van der Waals surface area contributed by atoms with E-state index in [0.717, 1.165) is 33.2 Å². The third-order valence-electron chi connectivity index (χ3n) is 5.79. The Balaban J connectivity index is 1.26. The molecule has 37 heavy (non-hydrogen) atoms. The lowest BCUT2D eigenvalue weighted by atomic mass is 10.1. The van der Waals surface area contributed by atoms with Gasteiger partial charge in [0.1, 0.15) is 5.82 Å². The molecule has 2 heterocycles. The lowest BCUT2D eigenvalue weighted by molar-refractivity contribution is 0.0951. The molecule has 1 N–H and O–H groups in total. The summed E-state index contributed by atoms with van der Waals surface area (Å²) in [7, 11) is 0. The maximum Gasteiger partial charge on any atom is 0.251 e. The van der Waals surface area contributed by atoms with Crippen molar-refractivity contribution in [3.8, 4) is 11.4 Å². The smallest absolute Gasteiger partial charge is 0.251 e. The van der Waals surface area contributed by atoms with Crippen LogP contribution in [0.25, 0.3) is 11.4 Å². The van der Waals surface area contributed by atoms with Crippen LogP contribution in [0.2, 0.25) is 0 Å². The molecule has 8 heteroatoms. The van der Waals surface area contributed by atoms with Crippen LogP contribution >= 0.6 is 11.8 Å². The Morgan fingerprint density at radius 1 is 0.811 bits per heavy atom. The summed E-state index contributed by atoms with van der Waals surface area (Å²) >= 11 is 1.60. The number of halogens is 1. The van der Waals surface area contributed by atoms with Gasteiger partial charge < -0.3 is 5.32 Å². The summed E-state index contributed by atoms with van der Waals surface area (Å²) in [5, 5.41) is 12.6. The van der Waals surface area contributed by atoms with E-state index in [2.05, 4.69) is 37.2 Å². The third-order valence-corrected chi connectivity index (χ3v) is 6.83. The predicted octanol–water partition coefficient (Wildman–Crippen LogP) is 5.75. The summed E-state index contributed by atoms with van der Waals surface area (Å²) < 4.78 is 15.2. The Morgan fingerprint density at radius 3 is 2.24 bits per heavy atom. The second-order valence-corrected chi connectivity index (χ2v) is 9.35. The molecule has 6 nitrogen and oxygen atoms in total. The highest BCUT2D eigenvalue weighted by atomic mass is 32.2. The van der Waals surface area contributed by atoms with Crippen molar-refractivity contribution < 1.29 is 9.18 Å². The van der Waals surface area contributed by atoms with Crippen molar-refractivity contribution in [2.45, 2.75) is 24.0 Å². The molecule has 184 valence electrons. The summed E-state index contributed by atoms with van der Waals surface area (Å²) in [6.45, 7) is 0.995. The van der Waals surface area contributed by atoms with Crippen LogP contribution < -0.4 is 5.32 Å². The quantitative estimate of drug-likeness (QED) is 0.256. The Hall–Kier alpha value is -4.30. The molecule has 0 aliphatic carbocycles. The van der Waals surface area contributed by atoms with Gasteiger partial charge in [0.2, 0.25) is 0 Å². The van der Waals surface area contributed by atoms with E-state index in [0.29, 0.717) is 24.4 Å². The van der Waals surface area contributed by atoms with Gasteiger partial charge in [0.25, 0.3) is 5.91 Å². The van der Waals surface area contributed by atoms with Crippen molar-refractivity contribution in [1.29, 1.82) is 0 Å². The summed E-state index contributed by atoms with van der Waals surface area (Å²) in [5.41, 5.74) is 4.60. The average molecular weight is 510 g/mol. The fourth-order valence-electron chi connectivity index (χ4n) is 3.81. The van der Waals surface area contributed by atoms with Crippen LogP contribution in [0.5, 0.6) is 0 Å². The molecule has 0 spiro atoms. The number of carbonyl (C=O) groups is 1. The molecule has 0 radical (unpaired) electrons. The van der Waals surface area contributed by atoms with E-state index in [-0.39, 0.29) is 11.7 Å². The molecular weight excluding hydrogens is 485 g/mol. The lowest BCUT2D eigenvalue weighted by Gasteiger charge is -2.11. The molecule has 0 atom stereocenters. The van der Waals surface area contributed by atoms with Gasteiger partial charge in [-0.1, -0.05) is 66.4 Å². The number of aromatic nitrogens is 4. The van der Waals surface area contributed by atoms with E-state index in [1.54, 1.807) is 36.3 Å². The first-order valence-corrected chi connectivity index (χ1v) is 12.8. The lowest BCUT2D eigenvalue weighted by Crippen LogP contribution is -2.22. The number of hydrogen-bond acceptors (Lipinski definition) is 5. The molecule has 5 rings (SSSR count). The minimum Gasteiger partial charge on any atom is -0.348 e. The van der Waals surface area contributed by atoms with Gasteiger partial charge in [-0.3, -0.25) is 14.3 Å². The first-order valence-electron chi connectivity index (χ1n) is 11.8. The number of thioether (sulfide) groups is 1. The number of nitrogens with zero attached hydrogens (tertiary/aromatic N) is 4. The molecule has 0 unspecified atom stereocenters. The van der Waals surface area contributed by atoms with E-state index < -0.39 is 0 Å². The Morgan fingerprint density at radius 2 is 1.51 bits per heavy atom. The number of amides is 1. The molecule has 0 aliphatic heterocycles. The monoisotopic (exact) mass is 509 g/mol. The normalized spacial score (nSPS) is 10.8. The summed E-state index contributed by atoms with van der Waals surface area (Å²) in [5.74, 6) is 1.01. The van der Waals surface area contributed by atoms with Crippen molar-refractivity contribution >= 4 is 17.7 Å². The Kier molecular flexibility index (Phi) is 7.66. The molecule has 3 aromatic carbocycles. The zero-order valence-corrected chi connectivity index (χ0v) is 20.7. The van der Waals surface area contributed by atoms with Crippen LogP contribution in [-0.2, 0) is 18.8 Å². The minimum absolute atomic E-state index is 0.173. The number of nitrogens with one attached hydrogen (secondary N) is 1. The topological polar surface area (TPSA) is 72.7 Å². The molecule has 2 aromatic heterocycles. The fourth-order valence-corrected chi connectivity index (χ4v) is 4.70. The van der Waals surface area contributed by atoms with Crippen LogP contribution in [0.4, 0.5) is 4.39 Å². The van der Waals surface area contributed by atoms with Crippen molar-refractivity contribution in [2.24, 2.45) is 0 Å². The van der Waals surface area contributed by atoms with Gasteiger partial charge in [-0.2, -0.15) is 0 Å². The van der Waals surface area contributed by atoms with E-state index in [4.69, 9.17) is 0 Å². The highest BCUT2D eigenvalue weighted by Crippen LogP contribution is 2.27. The maximum absolute atomic E-state index is 13.1. The average Bonchev–Trinajstić information content (AvgIpc) is 3.35. The molecule has 0 saturated carbocycles. The summed E-state index contributed by atoms with van der Waals surface area (Å²) in [4.78, 5) is 16.6. The van der Waals surface area contributed by atoms with Gasteiger partial charge in [-0.05, 0) is 53.1 Å². The molecule has 0 bridgehead atoms. The minimum atomic E-state index is -0.296. The number of pyridine rings is 1. The molecular formula is C29H24FN5OS. The van der Waals surface area contributed by atoms with Crippen LogP contribution in [0.15, 0.2) is 109 Å². The van der Waals surface area contributed by atoms with Gasteiger partial charge in [-0.15, -0.1) is 10.2 Å². The van der Waals surface area contributed by atoms with Gasteiger partial charge in [0.15, 0.2) is 11.0 Å². The van der Waals surface area contributed by atoms with Crippen LogP contribution in [0.3, 0.4) is 0 Å². The largest absolute Gasteiger partial charge is 0.348 e. The van der Waals surface area contributed by atoms with E-state index in [9.17, 15) is 9.18 Å². The third kappa shape index (κ3) is 6.29. The highest BCUT2D eigenvalue weighted by molar-refractivity contribution is 7.98. The maximum atomic E-state index is 13.1. The molecule has 0 aliphatic rings. The first-order chi connectivity index (χ1) is 18.2. The zero-order chi connectivity index (χ0) is 25.5. The summed E-state index contributed by atoms with van der Waals surface area (Å²) in [6.07, 6.45) is 3.50. The molecule has 5 aromatic rings. The van der Waals surface area contributed by atoms with Gasteiger partial charge in [-0.25, -0.2) is 4.39 Å². The Labute approximate surface area is 218 Å². The van der Waals surface area contributed by atoms with E-state index >= 15 is 0 Å². The van der Waals surface area contributed by atoms with Crippen molar-refractivity contribution in [1.82, 2.24) is 25.1 Å². The van der Waals surface area contributed by atoms with E-state index in [1.807, 2.05) is 54.6 Å². The van der Waals surface area contributed by atoms with Crippen LogP contribution in [0, 0.1) is 5.82 Å². The van der Waals surface area contributed by atoms with Gasteiger partial charge in [0.05, 0.1) is 6.54 Å². The van der Waals surface area contributed by atoms with Crippen molar-refractivity contribution in [3.05, 3.63) is 131 Å². The highest BCUT2D eigenvalue weighted by Gasteiger charge is 2.15. The van der Waals surface area contributed by atoms with E-state index in [1.165, 1.54) is 12.1 Å². The fraction of sp³-hybridized carbons (Fsp3) is 0.103.